The highest BCUT2D eigenvalue weighted by Gasteiger charge is 2.19. The fourth-order valence-corrected chi connectivity index (χ4v) is 4.03. The molecular weight excluding hydrogens is 432 g/mol. The summed E-state index contributed by atoms with van der Waals surface area (Å²) in [7, 11) is -1.03. The Hall–Kier alpha value is -2.16. The predicted octanol–water partition coefficient (Wildman–Crippen LogP) is 2.83. The van der Waals surface area contributed by atoms with Crippen LogP contribution in [0, 0.1) is 11.6 Å². The first-order chi connectivity index (χ1) is 15.3. The van der Waals surface area contributed by atoms with Crippen molar-refractivity contribution < 1.29 is 17.8 Å². The number of rotatable bonds is 13. The Morgan fingerprint density at radius 3 is 2.41 bits per heavy atom. The molecule has 3 atom stereocenters. The van der Waals surface area contributed by atoms with Gasteiger partial charge in [-0.25, -0.2) is 8.78 Å². The van der Waals surface area contributed by atoms with Gasteiger partial charge in [-0.2, -0.15) is 0 Å². The zero-order valence-electron chi connectivity index (χ0n) is 18.7. The zero-order valence-corrected chi connectivity index (χ0v) is 19.5. The van der Waals surface area contributed by atoms with Gasteiger partial charge < -0.3 is 16.4 Å². The summed E-state index contributed by atoms with van der Waals surface area (Å²) in [5.74, 6) is -1.32. The lowest BCUT2D eigenvalue weighted by Crippen LogP contribution is -2.47. The van der Waals surface area contributed by atoms with Gasteiger partial charge in [-0.05, 0) is 61.1 Å². The van der Waals surface area contributed by atoms with Crippen molar-refractivity contribution in [3.8, 4) is 0 Å². The number of nitrogens with one attached hydrogen (secondary N) is 2. The first kappa shape index (κ1) is 26.1. The molecule has 5 nitrogen and oxygen atoms in total. The van der Waals surface area contributed by atoms with Crippen LogP contribution in [0.5, 0.6) is 0 Å². The first-order valence-electron chi connectivity index (χ1n) is 10.9. The van der Waals surface area contributed by atoms with Crippen LogP contribution in [0.4, 0.5) is 8.78 Å². The van der Waals surface area contributed by atoms with Crippen molar-refractivity contribution in [2.24, 2.45) is 5.73 Å². The van der Waals surface area contributed by atoms with E-state index in [1.165, 1.54) is 23.3 Å². The highest BCUT2D eigenvalue weighted by Crippen LogP contribution is 2.12. The fourth-order valence-electron chi connectivity index (χ4n) is 3.44. The van der Waals surface area contributed by atoms with E-state index in [-0.39, 0.29) is 18.4 Å². The molecule has 2 aromatic carbocycles. The monoisotopic (exact) mass is 465 g/mol. The van der Waals surface area contributed by atoms with Crippen LogP contribution < -0.4 is 16.4 Å². The van der Waals surface area contributed by atoms with E-state index in [1.807, 2.05) is 6.07 Å². The molecule has 0 bridgehead atoms. The van der Waals surface area contributed by atoms with E-state index in [9.17, 15) is 17.8 Å². The van der Waals surface area contributed by atoms with Crippen molar-refractivity contribution >= 4 is 16.7 Å². The van der Waals surface area contributed by atoms with Crippen molar-refractivity contribution in [3.05, 3.63) is 70.8 Å². The Morgan fingerprint density at radius 2 is 1.75 bits per heavy atom. The number of hydrogen-bond acceptors (Lipinski definition) is 4. The molecule has 0 aliphatic heterocycles. The SMILES string of the molecule is CCc1cccc(CNCC[C@H](Cc2cc(F)cc(F)c2)NC(=O)[C@H](N)CCS(C)=O)c1. The molecule has 0 saturated heterocycles. The van der Waals surface area contributed by atoms with Crippen LogP contribution in [0.3, 0.4) is 0 Å². The molecule has 1 unspecified atom stereocenters. The third-order valence-electron chi connectivity index (χ3n) is 5.20. The summed E-state index contributed by atoms with van der Waals surface area (Å²) in [5.41, 5.74) is 8.84. The zero-order chi connectivity index (χ0) is 23.5. The summed E-state index contributed by atoms with van der Waals surface area (Å²) in [4.78, 5) is 12.5. The lowest BCUT2D eigenvalue weighted by molar-refractivity contribution is -0.123. The van der Waals surface area contributed by atoms with Crippen molar-refractivity contribution in [2.75, 3.05) is 18.6 Å². The number of amides is 1. The lowest BCUT2D eigenvalue weighted by Gasteiger charge is -2.22. The quantitative estimate of drug-likeness (QED) is 0.397. The largest absolute Gasteiger partial charge is 0.352 e. The highest BCUT2D eigenvalue weighted by molar-refractivity contribution is 7.84. The topological polar surface area (TPSA) is 84.2 Å². The summed E-state index contributed by atoms with van der Waals surface area (Å²) < 4.78 is 38.5. The Kier molecular flexibility index (Phi) is 10.9. The molecule has 32 heavy (non-hydrogen) atoms. The Bertz CT molecular complexity index is 890. The number of benzene rings is 2. The van der Waals surface area contributed by atoms with E-state index >= 15 is 0 Å². The van der Waals surface area contributed by atoms with Crippen LogP contribution in [-0.2, 0) is 35.0 Å². The third-order valence-corrected chi connectivity index (χ3v) is 6.01. The summed E-state index contributed by atoms with van der Waals surface area (Å²) in [6.45, 7) is 3.40. The molecule has 0 saturated carbocycles. The van der Waals surface area contributed by atoms with Crippen LogP contribution in [0.15, 0.2) is 42.5 Å². The van der Waals surface area contributed by atoms with Crippen molar-refractivity contribution in [1.82, 2.24) is 10.6 Å². The molecule has 0 spiro atoms. The second-order valence-corrected chi connectivity index (χ2v) is 9.55. The van der Waals surface area contributed by atoms with Gasteiger partial charge in [0.25, 0.3) is 0 Å². The average Bonchev–Trinajstić information content (AvgIpc) is 2.74. The van der Waals surface area contributed by atoms with Crippen molar-refractivity contribution in [3.63, 3.8) is 0 Å². The van der Waals surface area contributed by atoms with Crippen LogP contribution >= 0.6 is 0 Å². The molecule has 0 fully saturated rings. The molecule has 1 amide bonds. The van der Waals surface area contributed by atoms with E-state index in [4.69, 9.17) is 5.73 Å². The minimum Gasteiger partial charge on any atom is -0.352 e. The average molecular weight is 466 g/mol. The summed E-state index contributed by atoms with van der Waals surface area (Å²) in [6, 6.07) is 10.6. The normalized spacial score (nSPS) is 14.0. The van der Waals surface area contributed by atoms with Crippen LogP contribution in [-0.4, -0.2) is 40.8 Å². The van der Waals surface area contributed by atoms with E-state index in [0.717, 1.165) is 12.5 Å². The highest BCUT2D eigenvalue weighted by atomic mass is 32.2. The first-order valence-corrected chi connectivity index (χ1v) is 12.6. The minimum atomic E-state index is -1.03. The van der Waals surface area contributed by atoms with Gasteiger partial charge in [-0.1, -0.05) is 31.2 Å². The van der Waals surface area contributed by atoms with E-state index in [2.05, 4.69) is 35.8 Å². The summed E-state index contributed by atoms with van der Waals surface area (Å²) in [5, 5.41) is 6.26. The van der Waals surface area contributed by atoms with E-state index < -0.39 is 28.5 Å². The second-order valence-electron chi connectivity index (χ2n) is 8.00. The number of hydrogen-bond donors (Lipinski definition) is 3. The number of nitrogens with two attached hydrogens (primary N) is 1. The van der Waals surface area contributed by atoms with E-state index in [0.29, 0.717) is 37.2 Å². The van der Waals surface area contributed by atoms with Crippen LogP contribution in [0.2, 0.25) is 0 Å². The molecule has 2 aromatic rings. The number of carbonyl (C=O) groups is 1. The molecule has 4 N–H and O–H groups in total. The molecule has 0 aliphatic rings. The number of halogens is 2. The number of carbonyl (C=O) groups excluding carboxylic acids is 1. The van der Waals surface area contributed by atoms with Gasteiger partial charge >= 0.3 is 0 Å². The van der Waals surface area contributed by atoms with Gasteiger partial charge in [-0.15, -0.1) is 0 Å². The molecule has 0 radical (unpaired) electrons. The Labute approximate surface area is 191 Å². The van der Waals surface area contributed by atoms with Gasteiger partial charge in [-0.3, -0.25) is 9.00 Å². The van der Waals surface area contributed by atoms with Crippen molar-refractivity contribution in [1.29, 1.82) is 0 Å². The molecular formula is C24H33F2N3O2S. The van der Waals surface area contributed by atoms with Crippen LogP contribution in [0.25, 0.3) is 0 Å². The van der Waals surface area contributed by atoms with Gasteiger partial charge in [0.05, 0.1) is 6.04 Å². The molecule has 2 rings (SSSR count). The third kappa shape index (κ3) is 9.54. The number of aryl methyl sites for hydroxylation is 1. The molecule has 0 aromatic heterocycles. The maximum atomic E-state index is 13.6. The fraction of sp³-hybridized carbons (Fsp3) is 0.458. The van der Waals surface area contributed by atoms with Gasteiger partial charge in [0.2, 0.25) is 5.91 Å². The molecule has 8 heteroatoms. The maximum Gasteiger partial charge on any atom is 0.237 e. The smallest absolute Gasteiger partial charge is 0.237 e. The van der Waals surface area contributed by atoms with Gasteiger partial charge in [0, 0.05) is 41.5 Å². The van der Waals surface area contributed by atoms with Crippen molar-refractivity contribution in [2.45, 2.75) is 51.2 Å². The standard InChI is InChI=1S/C24H33F2N3O2S/c1-3-17-5-4-6-18(11-17)16-28-9-7-22(14-19-12-20(25)15-21(26)13-19)29-24(30)23(27)8-10-32(2)31/h4-6,11-13,15,22-23,28H,3,7-10,14,16,27H2,1-2H3,(H,29,30)/t22-,23-,32?/m1/s1. The minimum absolute atomic E-state index is 0.278. The summed E-state index contributed by atoms with van der Waals surface area (Å²) in [6.07, 6.45) is 3.68. The van der Waals surface area contributed by atoms with E-state index in [1.54, 1.807) is 6.26 Å². The predicted molar refractivity (Wildman–Crippen MR) is 126 cm³/mol. The lowest BCUT2D eigenvalue weighted by atomic mass is 10.0. The van der Waals surface area contributed by atoms with Crippen LogP contribution in [0.1, 0.15) is 36.5 Å². The van der Waals surface area contributed by atoms with Gasteiger partial charge in [0.1, 0.15) is 11.6 Å². The van der Waals surface area contributed by atoms with Gasteiger partial charge in [0.15, 0.2) is 0 Å². The maximum absolute atomic E-state index is 13.6. The second kappa shape index (κ2) is 13.4. The summed E-state index contributed by atoms with van der Waals surface area (Å²) >= 11 is 0. The molecule has 0 heterocycles. The Morgan fingerprint density at radius 1 is 1.06 bits per heavy atom. The Balaban J connectivity index is 1.97. The molecule has 176 valence electrons. The molecule has 0 aliphatic carbocycles.